The summed E-state index contributed by atoms with van der Waals surface area (Å²) in [6, 6.07) is 10.2. The van der Waals surface area contributed by atoms with E-state index >= 15 is 0 Å². The molecule has 2 N–H and O–H groups in total. The molecular weight excluding hydrogens is 218 g/mol. The van der Waals surface area contributed by atoms with Crippen molar-refractivity contribution in [2.45, 2.75) is 6.54 Å². The van der Waals surface area contributed by atoms with Crippen molar-refractivity contribution in [1.82, 2.24) is 9.78 Å². The van der Waals surface area contributed by atoms with Crippen LogP contribution in [0.15, 0.2) is 47.4 Å². The number of anilines is 1. The molecule has 2 aromatic rings. The molecule has 1 heterocycles. The minimum absolute atomic E-state index is 0.131. The molecule has 0 atom stereocenters. The Morgan fingerprint density at radius 3 is 2.71 bits per heavy atom. The number of benzene rings is 1. The quantitative estimate of drug-likeness (QED) is 0.794. The predicted molar refractivity (Wildman–Crippen MR) is 64.8 cm³/mol. The molecule has 5 nitrogen and oxygen atoms in total. The highest BCUT2D eigenvalue weighted by Gasteiger charge is 1.97. The van der Waals surface area contributed by atoms with E-state index in [1.165, 1.54) is 10.7 Å². The van der Waals surface area contributed by atoms with Crippen LogP contribution in [0, 0.1) is 0 Å². The highest BCUT2D eigenvalue weighted by Crippen LogP contribution is 2.12. The molecule has 17 heavy (non-hydrogen) atoms. The van der Waals surface area contributed by atoms with Crippen molar-refractivity contribution in [2.24, 2.45) is 0 Å². The first-order valence-corrected chi connectivity index (χ1v) is 5.26. The molecule has 2 rings (SSSR count). The van der Waals surface area contributed by atoms with E-state index < -0.39 is 0 Å². The maximum atomic E-state index is 11.3. The van der Waals surface area contributed by atoms with Crippen LogP contribution in [0.25, 0.3) is 0 Å². The Morgan fingerprint density at radius 2 is 2.00 bits per heavy atom. The van der Waals surface area contributed by atoms with Crippen molar-refractivity contribution < 1.29 is 4.74 Å². The Balaban J connectivity index is 1.90. The van der Waals surface area contributed by atoms with Gasteiger partial charge in [-0.1, -0.05) is 0 Å². The average molecular weight is 231 g/mol. The molecule has 0 saturated carbocycles. The summed E-state index contributed by atoms with van der Waals surface area (Å²) in [5.74, 6) is 0.725. The second-order valence-corrected chi connectivity index (χ2v) is 3.50. The van der Waals surface area contributed by atoms with E-state index in [9.17, 15) is 4.79 Å². The van der Waals surface area contributed by atoms with Crippen LogP contribution in [0.1, 0.15) is 0 Å². The largest absolute Gasteiger partial charge is 0.492 e. The normalized spacial score (nSPS) is 10.1. The lowest BCUT2D eigenvalue weighted by Gasteiger charge is -2.07. The van der Waals surface area contributed by atoms with E-state index in [0.717, 1.165) is 5.75 Å². The molecule has 5 heteroatoms. The number of ether oxygens (including phenoxy) is 1. The van der Waals surface area contributed by atoms with Crippen LogP contribution < -0.4 is 16.0 Å². The minimum atomic E-state index is -0.131. The highest BCUT2D eigenvalue weighted by molar-refractivity contribution is 5.41. The molecule has 0 aliphatic heterocycles. The Kier molecular flexibility index (Phi) is 3.40. The molecule has 0 spiro atoms. The lowest BCUT2D eigenvalue weighted by Crippen LogP contribution is -2.24. The van der Waals surface area contributed by atoms with Crippen molar-refractivity contribution >= 4 is 5.69 Å². The van der Waals surface area contributed by atoms with Gasteiger partial charge in [-0.3, -0.25) is 4.79 Å². The molecule has 0 radical (unpaired) electrons. The molecule has 88 valence electrons. The van der Waals surface area contributed by atoms with E-state index in [0.29, 0.717) is 18.8 Å². The zero-order chi connectivity index (χ0) is 12.1. The molecule has 0 unspecified atom stereocenters. The minimum Gasteiger partial charge on any atom is -0.492 e. The summed E-state index contributed by atoms with van der Waals surface area (Å²) in [6.07, 6.45) is 1.57. The second-order valence-electron chi connectivity index (χ2n) is 3.50. The summed E-state index contributed by atoms with van der Waals surface area (Å²) < 4.78 is 6.82. The Hall–Kier alpha value is -2.30. The van der Waals surface area contributed by atoms with Gasteiger partial charge in [-0.25, -0.2) is 4.68 Å². The second kappa shape index (κ2) is 5.16. The van der Waals surface area contributed by atoms with Crippen LogP contribution in [-0.2, 0) is 6.54 Å². The third-order valence-electron chi connectivity index (χ3n) is 2.24. The third-order valence-corrected chi connectivity index (χ3v) is 2.24. The molecule has 0 saturated heterocycles. The summed E-state index contributed by atoms with van der Waals surface area (Å²) in [4.78, 5) is 11.3. The number of rotatable bonds is 4. The summed E-state index contributed by atoms with van der Waals surface area (Å²) in [6.45, 7) is 0.810. The van der Waals surface area contributed by atoms with Gasteiger partial charge in [-0.2, -0.15) is 5.10 Å². The van der Waals surface area contributed by atoms with E-state index in [4.69, 9.17) is 10.5 Å². The van der Waals surface area contributed by atoms with Crippen molar-refractivity contribution in [3.8, 4) is 5.75 Å². The van der Waals surface area contributed by atoms with Crippen molar-refractivity contribution in [3.63, 3.8) is 0 Å². The average Bonchev–Trinajstić information content (AvgIpc) is 2.34. The molecular formula is C12H13N3O2. The molecule has 1 aromatic carbocycles. The van der Waals surface area contributed by atoms with Gasteiger partial charge in [0.15, 0.2) is 0 Å². The number of nitrogen functional groups attached to an aromatic ring is 1. The lowest BCUT2D eigenvalue weighted by atomic mass is 10.3. The Bertz CT molecular complexity index is 534. The smallest absolute Gasteiger partial charge is 0.266 e. The van der Waals surface area contributed by atoms with Gasteiger partial charge in [0, 0.05) is 18.0 Å². The zero-order valence-corrected chi connectivity index (χ0v) is 9.24. The van der Waals surface area contributed by atoms with Crippen LogP contribution >= 0.6 is 0 Å². The van der Waals surface area contributed by atoms with Crippen molar-refractivity contribution in [1.29, 1.82) is 0 Å². The van der Waals surface area contributed by atoms with Crippen molar-refractivity contribution in [3.05, 3.63) is 52.9 Å². The summed E-state index contributed by atoms with van der Waals surface area (Å²) in [7, 11) is 0. The number of nitrogens with zero attached hydrogens (tertiary/aromatic N) is 2. The van der Waals surface area contributed by atoms with Crippen LogP contribution in [0.5, 0.6) is 5.75 Å². The van der Waals surface area contributed by atoms with Gasteiger partial charge >= 0.3 is 0 Å². The molecule has 0 aliphatic rings. The van der Waals surface area contributed by atoms with Crippen LogP contribution in [0.3, 0.4) is 0 Å². The number of hydrogen-bond acceptors (Lipinski definition) is 4. The third kappa shape index (κ3) is 3.07. The van der Waals surface area contributed by atoms with Crippen LogP contribution in [0.4, 0.5) is 5.69 Å². The molecule has 0 aliphatic carbocycles. The first-order valence-electron chi connectivity index (χ1n) is 5.26. The van der Waals surface area contributed by atoms with Crippen LogP contribution in [0.2, 0.25) is 0 Å². The fraction of sp³-hybridized carbons (Fsp3) is 0.167. The SMILES string of the molecule is Nc1ccc(OCCn2ncccc2=O)cc1. The summed E-state index contributed by atoms with van der Waals surface area (Å²) in [5.41, 5.74) is 6.12. The zero-order valence-electron chi connectivity index (χ0n) is 9.24. The fourth-order valence-corrected chi connectivity index (χ4v) is 1.37. The van der Waals surface area contributed by atoms with E-state index in [1.54, 1.807) is 36.5 Å². The van der Waals surface area contributed by atoms with E-state index in [1.807, 2.05) is 0 Å². The first-order chi connectivity index (χ1) is 8.25. The topological polar surface area (TPSA) is 70.1 Å². The summed E-state index contributed by atoms with van der Waals surface area (Å²) in [5, 5.41) is 3.93. The first kappa shape index (κ1) is 11.2. The fourth-order valence-electron chi connectivity index (χ4n) is 1.37. The number of nitrogens with two attached hydrogens (primary N) is 1. The van der Waals surface area contributed by atoms with Gasteiger partial charge in [0.25, 0.3) is 5.56 Å². The molecule has 0 fully saturated rings. The van der Waals surface area contributed by atoms with Crippen molar-refractivity contribution in [2.75, 3.05) is 12.3 Å². The van der Waals surface area contributed by atoms with Gasteiger partial charge in [0.2, 0.25) is 0 Å². The predicted octanol–water partition coefficient (Wildman–Crippen LogP) is 0.904. The van der Waals surface area contributed by atoms with E-state index in [-0.39, 0.29) is 5.56 Å². The van der Waals surface area contributed by atoms with Gasteiger partial charge in [-0.15, -0.1) is 0 Å². The van der Waals surface area contributed by atoms with Gasteiger partial charge in [0.1, 0.15) is 12.4 Å². The van der Waals surface area contributed by atoms with Gasteiger partial charge in [-0.05, 0) is 30.3 Å². The Labute approximate surface area is 98.5 Å². The molecule has 1 aromatic heterocycles. The van der Waals surface area contributed by atoms with Gasteiger partial charge in [0.05, 0.1) is 6.54 Å². The van der Waals surface area contributed by atoms with Crippen LogP contribution in [-0.4, -0.2) is 16.4 Å². The maximum absolute atomic E-state index is 11.3. The molecule has 0 amide bonds. The number of aromatic nitrogens is 2. The Morgan fingerprint density at radius 1 is 1.24 bits per heavy atom. The standard InChI is InChI=1S/C12H13N3O2/c13-10-3-5-11(6-4-10)17-9-8-15-12(16)2-1-7-14-15/h1-7H,8-9,13H2. The maximum Gasteiger partial charge on any atom is 0.266 e. The van der Waals surface area contributed by atoms with E-state index in [2.05, 4.69) is 5.10 Å². The van der Waals surface area contributed by atoms with Gasteiger partial charge < -0.3 is 10.5 Å². The monoisotopic (exact) mass is 231 g/mol. The highest BCUT2D eigenvalue weighted by atomic mass is 16.5. The number of hydrogen-bond donors (Lipinski definition) is 1. The molecule has 0 bridgehead atoms. The lowest BCUT2D eigenvalue weighted by molar-refractivity contribution is 0.288. The summed E-state index contributed by atoms with van der Waals surface area (Å²) >= 11 is 0.